The van der Waals surface area contributed by atoms with Crippen LogP contribution < -0.4 is 0 Å². The molecule has 0 aromatic carbocycles. The summed E-state index contributed by atoms with van der Waals surface area (Å²) in [6.45, 7) is 58.6. The Morgan fingerprint density at radius 2 is 0.596 bits per heavy atom. The molecule has 0 heterocycles. The summed E-state index contributed by atoms with van der Waals surface area (Å²) < 4.78 is 224. The largest absolute Gasteiger partial charge is 0.403 e. The number of hydrogen-bond donors (Lipinski definition) is 0. The van der Waals surface area contributed by atoms with Gasteiger partial charge in [0.1, 0.15) is 5.67 Å². The van der Waals surface area contributed by atoms with Crippen LogP contribution in [-0.2, 0) is 0 Å². The molecule has 0 N–H and O–H groups in total. The molecule has 610 valence electrons. The first kappa shape index (κ1) is 114. The van der Waals surface area contributed by atoms with E-state index in [0.717, 1.165) is 48.3 Å². The first-order valence-corrected chi connectivity index (χ1v) is 38.4. The standard InChI is InChI=1S/C14H26.C11H20.C9H12F6.2C6H11F3.C6H13F.C5H9F3.2C5H12.C4H7F3.C4H10.C3H8.C2H6/c1-12-4-6-14(7-5-12)10-8-13(2,3)9-11-14;1-10-4-8-11(9-5-10)6-2-3-7-11;1-6-2-4-7(5-3-6,8(10,11)12)9(13,14)15;2*1-3-5(2)4-6(7,8)9;1-4-6(3,7)5-2;1-3-4(2)5(6,7)8;1-5(2,3)4;1-4-5(2)3;1-3(2)4(5,6)7;1-4(2)3;1-3-2;1-2/h12H,4-11H2,1-3H3;10H,2-9H2,1H3;6H,2-5H2,1H3;2*5H,3-4H2,1-2H3;4-5H2,1-3H3;4H,3H2,1-2H3;1-4H3;5H,4H2,1-3H3;3H,1-2H3;4H,1-3H3;3H2,1-2H3;1-2H3. The van der Waals surface area contributed by atoms with Gasteiger partial charge < -0.3 is 0 Å². The maximum absolute atomic E-state index is 12.5. The zero-order valence-electron chi connectivity index (χ0n) is 68.9. The highest BCUT2D eigenvalue weighted by Crippen LogP contribution is 2.59. The summed E-state index contributed by atoms with van der Waals surface area (Å²) in [6, 6.07) is 0. The SMILES string of the molecule is CC.CC(C)(C)C.CC(C)C.CC(C)C(F)(F)F.CC1CCC(C(F)(F)F)(C(F)(F)F)CC1.CC1CCC2(CC1)CCC(C)(C)CC2.CC1CCC2(CCCC2)CC1.CCC.CCC(C)(F)CC.CCC(C)C.CCC(C)C(F)(F)F.CCC(C)CC(F)(F)F.CCC(C)CC(F)(F)F. The lowest BCUT2D eigenvalue weighted by Crippen LogP contribution is -2.51. The fourth-order valence-electron chi connectivity index (χ4n) is 9.87. The van der Waals surface area contributed by atoms with Crippen molar-refractivity contribution in [3.8, 4) is 0 Å². The highest BCUT2D eigenvalue weighted by molar-refractivity contribution is 4.96. The van der Waals surface area contributed by atoms with E-state index in [4.69, 9.17) is 0 Å². The van der Waals surface area contributed by atoms with Crippen LogP contribution in [0.15, 0.2) is 0 Å². The van der Waals surface area contributed by atoms with Crippen molar-refractivity contribution in [3.05, 3.63) is 0 Å². The molecule has 19 heteroatoms. The summed E-state index contributed by atoms with van der Waals surface area (Å²) in [7, 11) is 0. The zero-order valence-corrected chi connectivity index (χ0v) is 68.9. The van der Waals surface area contributed by atoms with Gasteiger partial charge in [-0.25, -0.2) is 4.39 Å². The molecule has 5 fully saturated rings. The van der Waals surface area contributed by atoms with Crippen LogP contribution in [0, 0.1) is 80.3 Å². The molecule has 0 aliphatic heterocycles. The van der Waals surface area contributed by atoms with Crippen molar-refractivity contribution in [2.24, 2.45) is 80.3 Å². The monoisotopic (exact) mass is 1480 g/mol. The third-order valence-electron chi connectivity index (χ3n) is 18.9. The molecule has 5 aliphatic carbocycles. The van der Waals surface area contributed by atoms with Crippen molar-refractivity contribution in [2.45, 2.75) is 437 Å². The summed E-state index contributed by atoms with van der Waals surface area (Å²) in [4.78, 5) is 0. The minimum atomic E-state index is -5.19. The molecule has 0 nitrogen and oxygen atoms in total. The van der Waals surface area contributed by atoms with Crippen LogP contribution in [-0.4, -0.2) is 42.7 Å². The van der Waals surface area contributed by atoms with E-state index < -0.39 is 85.7 Å². The van der Waals surface area contributed by atoms with E-state index in [1.54, 1.807) is 67.2 Å². The lowest BCUT2D eigenvalue weighted by Gasteiger charge is -2.47. The molecule has 5 rings (SSSR count). The van der Waals surface area contributed by atoms with Crippen LogP contribution in [0.3, 0.4) is 0 Å². The lowest BCUT2D eigenvalue weighted by molar-refractivity contribution is -0.351. The maximum atomic E-state index is 12.5. The molecule has 3 atom stereocenters. The normalized spacial score (nSPS) is 19.8. The van der Waals surface area contributed by atoms with Crippen molar-refractivity contribution < 1.29 is 83.4 Å². The molecule has 0 aromatic heterocycles. The Bertz CT molecular complexity index is 1680. The van der Waals surface area contributed by atoms with Crippen LogP contribution >= 0.6 is 0 Å². The molecule has 5 saturated carbocycles. The predicted octanol–water partition coefficient (Wildman–Crippen LogP) is 34.4. The van der Waals surface area contributed by atoms with Crippen LogP contribution in [0.2, 0.25) is 0 Å². The van der Waals surface area contributed by atoms with Crippen molar-refractivity contribution in [3.63, 3.8) is 0 Å². The predicted molar refractivity (Wildman–Crippen MR) is 388 cm³/mol. The van der Waals surface area contributed by atoms with E-state index in [0.29, 0.717) is 36.5 Å². The van der Waals surface area contributed by atoms with E-state index in [9.17, 15) is 83.4 Å². The van der Waals surface area contributed by atoms with Gasteiger partial charge in [0, 0.05) is 18.8 Å². The van der Waals surface area contributed by atoms with Gasteiger partial charge in [-0.3, -0.25) is 0 Å². The number of alkyl halides is 19. The molecular formula is C80H157F19. The molecule has 0 amide bonds. The molecule has 0 saturated heterocycles. The van der Waals surface area contributed by atoms with Gasteiger partial charge in [0.25, 0.3) is 0 Å². The second-order valence-corrected chi connectivity index (χ2v) is 33.6. The molecular weight excluding hydrogens is 1320 g/mol. The molecule has 99 heavy (non-hydrogen) atoms. The maximum Gasteiger partial charge on any atom is 0.403 e. The van der Waals surface area contributed by atoms with E-state index in [1.165, 1.54) is 104 Å². The average molecular weight is 1480 g/mol. The minimum Gasteiger partial charge on any atom is -0.244 e. The van der Waals surface area contributed by atoms with Crippen LogP contribution in [0.4, 0.5) is 83.4 Å². The fourth-order valence-corrected chi connectivity index (χ4v) is 9.87. The van der Waals surface area contributed by atoms with E-state index >= 15 is 0 Å². The highest BCUT2D eigenvalue weighted by atomic mass is 19.4. The zero-order chi connectivity index (χ0) is 80.7. The Hall–Kier alpha value is -1.33. The van der Waals surface area contributed by atoms with Gasteiger partial charge in [-0.05, 0) is 179 Å². The van der Waals surface area contributed by atoms with Crippen molar-refractivity contribution in [1.29, 1.82) is 0 Å². The van der Waals surface area contributed by atoms with Gasteiger partial charge in [-0.15, -0.1) is 0 Å². The molecule has 0 aromatic rings. The lowest BCUT2D eigenvalue weighted by atomic mass is 9.59. The number of rotatable bonds is 8. The molecule has 3 unspecified atom stereocenters. The van der Waals surface area contributed by atoms with E-state index in [1.807, 2.05) is 27.7 Å². The first-order chi connectivity index (χ1) is 44.3. The Morgan fingerprint density at radius 3 is 0.737 bits per heavy atom. The number of halogens is 19. The molecule has 2 spiro atoms. The van der Waals surface area contributed by atoms with Crippen molar-refractivity contribution in [1.82, 2.24) is 0 Å². The fraction of sp³-hybridized carbons (Fsp3) is 1.00. The second kappa shape index (κ2) is 55.1. The Kier molecular flexibility index (Phi) is 63.2. The van der Waals surface area contributed by atoms with Crippen LogP contribution in [0.5, 0.6) is 0 Å². The topological polar surface area (TPSA) is 0 Å². The second-order valence-electron chi connectivity index (χ2n) is 33.6. The van der Waals surface area contributed by atoms with Gasteiger partial charge in [-0.1, -0.05) is 265 Å². The summed E-state index contributed by atoms with van der Waals surface area (Å²) in [6.07, 6.45) is 0.196. The van der Waals surface area contributed by atoms with Gasteiger partial charge in [0.05, 0.1) is 5.92 Å². The average Bonchev–Trinajstić information content (AvgIpc) is 1.19. The van der Waals surface area contributed by atoms with E-state index in [2.05, 4.69) is 111 Å². The van der Waals surface area contributed by atoms with Crippen molar-refractivity contribution in [2.75, 3.05) is 0 Å². The van der Waals surface area contributed by atoms with Crippen molar-refractivity contribution >= 4 is 0 Å². The summed E-state index contributed by atoms with van der Waals surface area (Å²) in [5.74, 6) is 0.889. The van der Waals surface area contributed by atoms with E-state index in [-0.39, 0.29) is 37.0 Å². The quantitative estimate of drug-likeness (QED) is 0.213. The summed E-state index contributed by atoms with van der Waals surface area (Å²) in [5.41, 5.74) is -1.59. The molecule has 0 radical (unpaired) electrons. The Morgan fingerprint density at radius 1 is 0.364 bits per heavy atom. The minimum absolute atomic E-state index is 0.0149. The van der Waals surface area contributed by atoms with Crippen LogP contribution in [0.1, 0.15) is 394 Å². The third-order valence-corrected chi connectivity index (χ3v) is 18.9. The smallest absolute Gasteiger partial charge is 0.244 e. The molecule has 5 aliphatic rings. The third kappa shape index (κ3) is 69.5. The summed E-state index contributed by atoms with van der Waals surface area (Å²) >= 11 is 0. The highest BCUT2D eigenvalue weighted by Gasteiger charge is 2.70. The van der Waals surface area contributed by atoms with Crippen LogP contribution in [0.25, 0.3) is 0 Å². The van der Waals surface area contributed by atoms with Gasteiger partial charge in [0.15, 0.2) is 5.41 Å². The first-order valence-electron chi connectivity index (χ1n) is 38.4. The Labute approximate surface area is 598 Å². The van der Waals surface area contributed by atoms with Gasteiger partial charge >= 0.3 is 37.1 Å². The Balaban J connectivity index is -0.000000155. The molecule has 0 bridgehead atoms. The number of hydrogen-bond acceptors (Lipinski definition) is 0. The summed E-state index contributed by atoms with van der Waals surface area (Å²) in [5, 5.41) is 0. The van der Waals surface area contributed by atoms with Gasteiger partial charge in [0.2, 0.25) is 0 Å². The van der Waals surface area contributed by atoms with Gasteiger partial charge in [-0.2, -0.15) is 79.0 Å².